The molecule has 2 aromatic carbocycles. The van der Waals surface area contributed by atoms with Gasteiger partial charge in [-0.3, -0.25) is 9.59 Å². The molecular weight excluding hydrogens is 426 g/mol. The van der Waals surface area contributed by atoms with E-state index in [0.717, 1.165) is 11.1 Å². The molecule has 0 saturated carbocycles. The van der Waals surface area contributed by atoms with Crippen molar-refractivity contribution < 1.29 is 28.3 Å². The minimum Gasteiger partial charge on any atom is -0.493 e. The van der Waals surface area contributed by atoms with Gasteiger partial charge in [-0.25, -0.2) is 0 Å². The average molecular weight is 449 g/mol. The summed E-state index contributed by atoms with van der Waals surface area (Å²) in [5, 5.41) is 3.94. The maximum atomic E-state index is 12.6. The molecule has 4 rings (SSSR count). The van der Waals surface area contributed by atoms with Crippen molar-refractivity contribution in [1.29, 1.82) is 0 Å². The maximum Gasteiger partial charge on any atom is 0.308 e. The van der Waals surface area contributed by atoms with Gasteiger partial charge in [0.05, 0.1) is 26.7 Å². The Morgan fingerprint density at radius 2 is 1.88 bits per heavy atom. The van der Waals surface area contributed by atoms with E-state index in [4.69, 9.17) is 18.7 Å². The van der Waals surface area contributed by atoms with Gasteiger partial charge in [-0.05, 0) is 35.4 Å². The molecule has 1 amide bonds. The minimum atomic E-state index is -0.484. The Morgan fingerprint density at radius 3 is 2.64 bits per heavy atom. The Morgan fingerprint density at radius 1 is 1.09 bits per heavy atom. The lowest BCUT2D eigenvalue weighted by Gasteiger charge is -2.32. The third kappa shape index (κ3) is 4.72. The monoisotopic (exact) mass is 449 g/mol. The van der Waals surface area contributed by atoms with E-state index in [0.29, 0.717) is 22.9 Å². The van der Waals surface area contributed by atoms with Gasteiger partial charge in [-0.2, -0.15) is 4.98 Å². The molecule has 2 heterocycles. The first kappa shape index (κ1) is 22.1. The molecule has 9 nitrogen and oxygen atoms in total. The molecule has 0 spiro atoms. The van der Waals surface area contributed by atoms with Crippen molar-refractivity contribution in [2.75, 3.05) is 14.2 Å². The van der Waals surface area contributed by atoms with Crippen LogP contribution in [0.1, 0.15) is 36.4 Å². The van der Waals surface area contributed by atoms with Gasteiger partial charge in [-0.15, -0.1) is 0 Å². The molecule has 9 heteroatoms. The van der Waals surface area contributed by atoms with Gasteiger partial charge in [0.1, 0.15) is 0 Å². The Bertz CT molecular complexity index is 1200. The number of amides is 1. The van der Waals surface area contributed by atoms with Crippen LogP contribution in [0.4, 0.5) is 0 Å². The lowest BCUT2D eigenvalue weighted by Crippen LogP contribution is -2.32. The number of hydrogen-bond acceptors (Lipinski definition) is 8. The summed E-state index contributed by atoms with van der Waals surface area (Å²) < 4.78 is 21.1. The molecule has 0 unspecified atom stereocenters. The molecule has 1 aliphatic heterocycles. The van der Waals surface area contributed by atoms with Crippen LogP contribution in [0.2, 0.25) is 0 Å². The molecule has 1 atom stereocenters. The largest absolute Gasteiger partial charge is 0.493 e. The van der Waals surface area contributed by atoms with Crippen LogP contribution in [-0.2, 0) is 20.9 Å². The fourth-order valence-corrected chi connectivity index (χ4v) is 3.68. The molecule has 1 aliphatic rings. The number of carbonyl (C=O) groups excluding carboxylic acids is 2. The van der Waals surface area contributed by atoms with Crippen LogP contribution in [0.5, 0.6) is 11.5 Å². The molecule has 170 valence electrons. The van der Waals surface area contributed by atoms with Gasteiger partial charge in [0.2, 0.25) is 11.7 Å². The third-order valence-electron chi connectivity index (χ3n) is 5.30. The molecule has 0 bridgehead atoms. The summed E-state index contributed by atoms with van der Waals surface area (Å²) in [6, 6.07) is 12.4. The van der Waals surface area contributed by atoms with Gasteiger partial charge >= 0.3 is 5.97 Å². The van der Waals surface area contributed by atoms with E-state index < -0.39 is 12.0 Å². The van der Waals surface area contributed by atoms with Gasteiger partial charge in [0.25, 0.3) is 5.89 Å². The van der Waals surface area contributed by atoms with E-state index in [1.165, 1.54) is 18.9 Å². The fourth-order valence-electron chi connectivity index (χ4n) is 3.68. The molecule has 33 heavy (non-hydrogen) atoms. The second-order valence-corrected chi connectivity index (χ2v) is 7.33. The number of nitrogens with zero attached hydrogens (tertiary/aromatic N) is 3. The summed E-state index contributed by atoms with van der Waals surface area (Å²) in [6.45, 7) is 1.29. The fraction of sp³-hybridized carbons (Fsp3) is 0.250. The van der Waals surface area contributed by atoms with Crippen LogP contribution < -0.4 is 9.47 Å². The number of aromatic nitrogens is 2. The van der Waals surface area contributed by atoms with E-state index in [1.807, 2.05) is 30.3 Å². The highest BCUT2D eigenvalue weighted by Gasteiger charge is 2.29. The van der Waals surface area contributed by atoms with Crippen molar-refractivity contribution in [3.8, 4) is 22.9 Å². The van der Waals surface area contributed by atoms with E-state index in [2.05, 4.69) is 10.1 Å². The number of benzene rings is 2. The first-order valence-electron chi connectivity index (χ1n) is 10.3. The summed E-state index contributed by atoms with van der Waals surface area (Å²) in [5.74, 6) is 0.955. The van der Waals surface area contributed by atoms with Crippen LogP contribution >= 0.6 is 0 Å². The molecular formula is C24H23N3O6. The van der Waals surface area contributed by atoms with Crippen molar-refractivity contribution in [2.45, 2.75) is 26.0 Å². The Labute approximate surface area is 190 Å². The maximum absolute atomic E-state index is 12.6. The van der Waals surface area contributed by atoms with E-state index >= 15 is 0 Å². The number of fused-ring (bicyclic) bond motifs is 1. The van der Waals surface area contributed by atoms with Crippen molar-refractivity contribution >= 4 is 18.0 Å². The van der Waals surface area contributed by atoms with Crippen molar-refractivity contribution in [2.24, 2.45) is 0 Å². The molecule has 0 radical (unpaired) electrons. The van der Waals surface area contributed by atoms with E-state index in [9.17, 15) is 9.59 Å². The first-order valence-corrected chi connectivity index (χ1v) is 10.3. The van der Waals surface area contributed by atoms with E-state index in [-0.39, 0.29) is 24.8 Å². The smallest absolute Gasteiger partial charge is 0.308 e. The summed E-state index contributed by atoms with van der Waals surface area (Å²) in [5.41, 5.74) is 2.52. The molecule has 1 aromatic heterocycles. The van der Waals surface area contributed by atoms with Crippen molar-refractivity contribution in [3.63, 3.8) is 0 Å². The average Bonchev–Trinajstić information content (AvgIpc) is 3.31. The van der Waals surface area contributed by atoms with Gasteiger partial charge in [-0.1, -0.05) is 29.4 Å². The normalized spacial score (nSPS) is 14.5. The van der Waals surface area contributed by atoms with Gasteiger partial charge < -0.3 is 23.6 Å². The zero-order valence-corrected chi connectivity index (χ0v) is 18.5. The Hall–Kier alpha value is -4.14. The third-order valence-corrected chi connectivity index (χ3v) is 5.30. The highest BCUT2D eigenvalue weighted by Crippen LogP contribution is 2.33. The van der Waals surface area contributed by atoms with E-state index in [1.54, 1.807) is 31.5 Å². The van der Waals surface area contributed by atoms with Crippen LogP contribution in [0.25, 0.3) is 17.5 Å². The zero-order valence-electron chi connectivity index (χ0n) is 18.5. The summed E-state index contributed by atoms with van der Waals surface area (Å²) >= 11 is 0. The van der Waals surface area contributed by atoms with Crippen molar-refractivity contribution in [3.05, 3.63) is 65.7 Å². The number of rotatable bonds is 7. The second kappa shape index (κ2) is 9.56. The zero-order chi connectivity index (χ0) is 23.4. The van der Waals surface area contributed by atoms with Crippen LogP contribution in [0.3, 0.4) is 0 Å². The lowest BCUT2D eigenvalue weighted by molar-refractivity contribution is -0.147. The SMILES string of the molecule is COc1ccc(-c2noc(COC(=O)C[C@H]3c4ccccc4C=CN3C(C)=O)n2)cc1OC. The Balaban J connectivity index is 1.42. The van der Waals surface area contributed by atoms with Crippen LogP contribution in [0, 0.1) is 0 Å². The lowest BCUT2D eigenvalue weighted by atomic mass is 9.94. The molecule has 0 saturated heterocycles. The second-order valence-electron chi connectivity index (χ2n) is 7.33. The number of carbonyl (C=O) groups is 2. The predicted octanol–water partition coefficient (Wildman–Crippen LogP) is 3.76. The number of esters is 1. The highest BCUT2D eigenvalue weighted by molar-refractivity contribution is 5.80. The quantitative estimate of drug-likeness (QED) is 0.502. The number of ether oxygens (including phenoxy) is 3. The molecule has 0 fully saturated rings. The van der Waals surface area contributed by atoms with Crippen LogP contribution in [0.15, 0.2) is 53.2 Å². The number of hydrogen-bond donors (Lipinski definition) is 0. The molecule has 0 aliphatic carbocycles. The van der Waals surface area contributed by atoms with Crippen molar-refractivity contribution in [1.82, 2.24) is 15.0 Å². The molecule has 0 N–H and O–H groups in total. The Kier molecular flexibility index (Phi) is 6.39. The number of methoxy groups -OCH3 is 2. The summed E-state index contributed by atoms with van der Waals surface area (Å²) in [4.78, 5) is 30.5. The standard InChI is InChI=1S/C24H23N3O6/c1-15(28)27-11-10-16-6-4-5-7-18(16)19(27)13-23(29)32-14-22-25-24(26-33-22)17-8-9-20(30-2)21(12-17)31-3/h4-12,19H,13-14H2,1-3H3/t19-/m0/s1. The highest BCUT2D eigenvalue weighted by atomic mass is 16.6. The minimum absolute atomic E-state index is 0.00237. The van der Waals surface area contributed by atoms with Gasteiger partial charge in [0, 0.05) is 18.7 Å². The predicted molar refractivity (Wildman–Crippen MR) is 118 cm³/mol. The topological polar surface area (TPSA) is 104 Å². The summed E-state index contributed by atoms with van der Waals surface area (Å²) in [7, 11) is 3.09. The molecule has 3 aromatic rings. The van der Waals surface area contributed by atoms with Crippen LogP contribution in [-0.4, -0.2) is 41.1 Å². The van der Waals surface area contributed by atoms with Gasteiger partial charge in [0.15, 0.2) is 18.1 Å². The first-order chi connectivity index (χ1) is 16.0. The summed E-state index contributed by atoms with van der Waals surface area (Å²) in [6.07, 6.45) is 3.54.